The minimum Gasteiger partial charge on any atom is -0.327 e. The summed E-state index contributed by atoms with van der Waals surface area (Å²) in [7, 11) is 0. The first-order valence-electron chi connectivity index (χ1n) is 3.64. The largest absolute Gasteiger partial charge is 0.327 e. The quantitative estimate of drug-likeness (QED) is 0.718. The van der Waals surface area contributed by atoms with Crippen molar-refractivity contribution in [1.29, 1.82) is 0 Å². The summed E-state index contributed by atoms with van der Waals surface area (Å²) in [6.45, 7) is 0. The van der Waals surface area contributed by atoms with Gasteiger partial charge in [0.1, 0.15) is 0 Å². The van der Waals surface area contributed by atoms with Crippen LogP contribution in [-0.4, -0.2) is 16.6 Å². The smallest absolute Gasteiger partial charge is 0.211 e. The molecule has 1 aromatic carbocycles. The highest BCUT2D eigenvalue weighted by atomic mass is 35.5. The number of anilines is 1. The number of hydrogen-bond acceptors (Lipinski definition) is 2. The van der Waals surface area contributed by atoms with Gasteiger partial charge < -0.3 is 5.32 Å². The third-order valence-corrected chi connectivity index (χ3v) is 2.05. The monoisotopic (exact) mass is 195 g/mol. The molecular weight excluding hydrogens is 190 g/mol. The number of carbonyl (C=O) groups excluding carboxylic acids is 1. The molecule has 0 atom stereocenters. The average Bonchev–Trinajstić information content (AvgIpc) is 2.52. The molecule has 0 radical (unpaired) electrons. The number of nitrogens with zero attached hydrogens (tertiary/aromatic N) is 1. The van der Waals surface area contributed by atoms with Crippen LogP contribution in [0.1, 0.15) is 0 Å². The van der Waals surface area contributed by atoms with Gasteiger partial charge in [0.2, 0.25) is 6.41 Å². The van der Waals surface area contributed by atoms with Crippen molar-refractivity contribution >= 4 is 34.6 Å². The number of H-pyrrole nitrogens is 1. The van der Waals surface area contributed by atoms with Gasteiger partial charge in [-0.2, -0.15) is 5.10 Å². The Morgan fingerprint density at radius 3 is 3.15 bits per heavy atom. The Morgan fingerprint density at radius 1 is 1.54 bits per heavy atom. The van der Waals surface area contributed by atoms with Crippen molar-refractivity contribution in [2.75, 3.05) is 5.32 Å². The molecule has 0 aliphatic carbocycles. The van der Waals surface area contributed by atoms with E-state index in [1.54, 1.807) is 18.3 Å². The second-order valence-electron chi connectivity index (χ2n) is 2.55. The number of nitrogens with one attached hydrogen (secondary N) is 2. The zero-order chi connectivity index (χ0) is 9.26. The molecule has 0 saturated carbocycles. The van der Waals surface area contributed by atoms with Gasteiger partial charge in [-0.05, 0) is 12.1 Å². The Labute approximate surface area is 78.9 Å². The number of rotatable bonds is 2. The predicted molar refractivity (Wildman–Crippen MR) is 50.8 cm³/mol. The number of aromatic nitrogens is 2. The van der Waals surface area contributed by atoms with E-state index in [1.165, 1.54) is 0 Å². The van der Waals surface area contributed by atoms with E-state index in [-0.39, 0.29) is 0 Å². The highest BCUT2D eigenvalue weighted by Crippen LogP contribution is 2.26. The number of fused-ring (bicyclic) bond motifs is 1. The van der Waals surface area contributed by atoms with Crippen LogP contribution in [0, 0.1) is 0 Å². The molecule has 2 N–H and O–H groups in total. The van der Waals surface area contributed by atoms with Crippen molar-refractivity contribution < 1.29 is 4.79 Å². The number of amides is 1. The van der Waals surface area contributed by atoms with Crippen LogP contribution < -0.4 is 5.32 Å². The van der Waals surface area contributed by atoms with Crippen LogP contribution in [0.25, 0.3) is 10.9 Å². The molecule has 5 heteroatoms. The summed E-state index contributed by atoms with van der Waals surface area (Å²) in [5, 5.41) is 10.5. The van der Waals surface area contributed by atoms with Crippen molar-refractivity contribution in [3.63, 3.8) is 0 Å². The molecule has 0 aliphatic rings. The highest BCUT2D eigenvalue weighted by molar-refractivity contribution is 6.34. The van der Waals surface area contributed by atoms with E-state index in [0.29, 0.717) is 17.1 Å². The van der Waals surface area contributed by atoms with E-state index < -0.39 is 0 Å². The lowest BCUT2D eigenvalue weighted by Crippen LogP contribution is -1.94. The molecule has 66 valence electrons. The van der Waals surface area contributed by atoms with Crippen LogP contribution in [0.3, 0.4) is 0 Å². The minimum atomic E-state index is 0.501. The van der Waals surface area contributed by atoms with E-state index >= 15 is 0 Å². The lowest BCUT2D eigenvalue weighted by molar-refractivity contribution is -0.105. The summed E-state index contributed by atoms with van der Waals surface area (Å²) < 4.78 is 0. The van der Waals surface area contributed by atoms with E-state index in [1.807, 2.05) is 0 Å². The lowest BCUT2D eigenvalue weighted by Gasteiger charge is -2.00. The molecule has 0 bridgehead atoms. The van der Waals surface area contributed by atoms with Crippen molar-refractivity contribution in [3.05, 3.63) is 23.4 Å². The van der Waals surface area contributed by atoms with E-state index in [9.17, 15) is 4.79 Å². The third kappa shape index (κ3) is 1.36. The fourth-order valence-electron chi connectivity index (χ4n) is 1.14. The van der Waals surface area contributed by atoms with Crippen LogP contribution in [0.5, 0.6) is 0 Å². The number of hydrogen-bond donors (Lipinski definition) is 2. The molecule has 0 spiro atoms. The van der Waals surface area contributed by atoms with Crippen molar-refractivity contribution in [2.45, 2.75) is 0 Å². The molecule has 2 rings (SSSR count). The maximum absolute atomic E-state index is 10.2. The molecule has 2 aromatic rings. The van der Waals surface area contributed by atoms with Crippen LogP contribution in [0.15, 0.2) is 18.3 Å². The Balaban J connectivity index is 2.62. The summed E-state index contributed by atoms with van der Waals surface area (Å²) in [6.07, 6.45) is 2.26. The molecule has 0 fully saturated rings. The van der Waals surface area contributed by atoms with Gasteiger partial charge in [0, 0.05) is 5.39 Å². The van der Waals surface area contributed by atoms with Crippen LogP contribution in [0.2, 0.25) is 5.02 Å². The average molecular weight is 196 g/mol. The number of aromatic amines is 1. The first kappa shape index (κ1) is 8.07. The summed E-state index contributed by atoms with van der Waals surface area (Å²) in [5.74, 6) is 0. The highest BCUT2D eigenvalue weighted by Gasteiger charge is 2.02. The second-order valence-corrected chi connectivity index (χ2v) is 2.96. The van der Waals surface area contributed by atoms with Gasteiger partial charge in [0.25, 0.3) is 0 Å². The molecule has 1 heterocycles. The SMILES string of the molecule is O=CNc1cc2[nH]ncc2cc1Cl. The summed E-state index contributed by atoms with van der Waals surface area (Å²) in [6, 6.07) is 3.48. The third-order valence-electron chi connectivity index (χ3n) is 1.74. The fraction of sp³-hybridized carbons (Fsp3) is 0. The standard InChI is InChI=1S/C8H6ClN3O/c9-6-1-5-3-11-12-7(5)2-8(6)10-4-13/h1-4H,(H,10,13)(H,11,12). The van der Waals surface area contributed by atoms with Gasteiger partial charge in [-0.15, -0.1) is 0 Å². The zero-order valence-corrected chi connectivity index (χ0v) is 7.30. The maximum Gasteiger partial charge on any atom is 0.211 e. The van der Waals surface area contributed by atoms with E-state index in [2.05, 4.69) is 15.5 Å². The number of halogens is 1. The molecule has 13 heavy (non-hydrogen) atoms. The molecular formula is C8H6ClN3O. The Hall–Kier alpha value is -1.55. The fourth-order valence-corrected chi connectivity index (χ4v) is 1.36. The topological polar surface area (TPSA) is 57.8 Å². The Kier molecular flexibility index (Phi) is 1.90. The van der Waals surface area contributed by atoms with Crippen molar-refractivity contribution in [3.8, 4) is 0 Å². The molecule has 0 saturated heterocycles. The minimum absolute atomic E-state index is 0.501. The Bertz CT molecular complexity index is 452. The van der Waals surface area contributed by atoms with Gasteiger partial charge in [0.05, 0.1) is 22.4 Å². The molecule has 1 amide bonds. The van der Waals surface area contributed by atoms with E-state index in [0.717, 1.165) is 10.9 Å². The summed E-state index contributed by atoms with van der Waals surface area (Å²) in [5.41, 5.74) is 1.42. The predicted octanol–water partition coefficient (Wildman–Crippen LogP) is 1.78. The molecule has 0 unspecified atom stereocenters. The van der Waals surface area contributed by atoms with Crippen molar-refractivity contribution in [1.82, 2.24) is 10.2 Å². The first-order valence-corrected chi connectivity index (χ1v) is 4.02. The van der Waals surface area contributed by atoms with Crippen LogP contribution in [-0.2, 0) is 4.79 Å². The summed E-state index contributed by atoms with van der Waals surface area (Å²) >= 11 is 5.88. The molecule has 4 nitrogen and oxygen atoms in total. The molecule has 1 aromatic heterocycles. The lowest BCUT2D eigenvalue weighted by atomic mass is 10.2. The Morgan fingerprint density at radius 2 is 2.38 bits per heavy atom. The van der Waals surface area contributed by atoms with Gasteiger partial charge in [-0.3, -0.25) is 9.89 Å². The van der Waals surface area contributed by atoms with Gasteiger partial charge in [0.15, 0.2) is 0 Å². The van der Waals surface area contributed by atoms with Gasteiger partial charge in [-0.25, -0.2) is 0 Å². The zero-order valence-electron chi connectivity index (χ0n) is 6.54. The van der Waals surface area contributed by atoms with Gasteiger partial charge in [-0.1, -0.05) is 11.6 Å². The van der Waals surface area contributed by atoms with E-state index in [4.69, 9.17) is 11.6 Å². The van der Waals surface area contributed by atoms with Gasteiger partial charge >= 0.3 is 0 Å². The normalized spacial score (nSPS) is 10.2. The number of benzene rings is 1. The van der Waals surface area contributed by atoms with Crippen LogP contribution >= 0.6 is 11.6 Å². The maximum atomic E-state index is 10.2. The summed E-state index contributed by atoms with van der Waals surface area (Å²) in [4.78, 5) is 10.2. The second kappa shape index (κ2) is 3.06. The van der Waals surface area contributed by atoms with Crippen LogP contribution in [0.4, 0.5) is 5.69 Å². The first-order chi connectivity index (χ1) is 6.31. The number of carbonyl (C=O) groups is 1. The van der Waals surface area contributed by atoms with Crippen molar-refractivity contribution in [2.24, 2.45) is 0 Å². The molecule has 0 aliphatic heterocycles.